The molecule has 0 unspecified atom stereocenters. The Bertz CT molecular complexity index is 708. The number of nitrogens with zero attached hydrogens (tertiary/aromatic N) is 2. The molecule has 0 spiro atoms. The highest BCUT2D eigenvalue weighted by Gasteiger charge is 2.23. The summed E-state index contributed by atoms with van der Waals surface area (Å²) in [6, 6.07) is 5.34. The summed E-state index contributed by atoms with van der Waals surface area (Å²) in [5, 5.41) is 3.84. The van der Waals surface area contributed by atoms with Gasteiger partial charge in [-0.1, -0.05) is 33.6 Å². The molecule has 1 aromatic heterocycles. The first-order valence-corrected chi connectivity index (χ1v) is 7.93. The quantitative estimate of drug-likeness (QED) is 0.910. The third-order valence-electron chi connectivity index (χ3n) is 2.54. The number of rotatable bonds is 3. The Morgan fingerprint density at radius 3 is 2.68 bits per heavy atom. The minimum Gasteiger partial charge on any atom is -0.278 e. The van der Waals surface area contributed by atoms with Gasteiger partial charge in [0.25, 0.3) is 10.0 Å². The van der Waals surface area contributed by atoms with E-state index in [4.69, 9.17) is 11.6 Å². The summed E-state index contributed by atoms with van der Waals surface area (Å²) in [6.07, 6.45) is 1.30. The first-order chi connectivity index (χ1) is 8.81. The Labute approximate surface area is 124 Å². The van der Waals surface area contributed by atoms with Gasteiger partial charge < -0.3 is 0 Å². The van der Waals surface area contributed by atoms with E-state index in [2.05, 4.69) is 25.8 Å². The van der Waals surface area contributed by atoms with Gasteiger partial charge in [0.1, 0.15) is 0 Å². The standard InChI is InChI=1S/C11H11BrClN3O2S/c1-7-3-4-8(12)5-10(7)15-19(17,18)11-9(13)6-14-16(11)2/h3-6,15H,1-2H3. The van der Waals surface area contributed by atoms with E-state index in [1.54, 1.807) is 6.07 Å². The summed E-state index contributed by atoms with van der Waals surface area (Å²) in [7, 11) is -2.25. The van der Waals surface area contributed by atoms with Crippen molar-refractivity contribution >= 4 is 43.2 Å². The third kappa shape index (κ3) is 2.93. The largest absolute Gasteiger partial charge is 0.280 e. The summed E-state index contributed by atoms with van der Waals surface area (Å²) >= 11 is 9.16. The molecule has 1 heterocycles. The molecule has 0 amide bonds. The van der Waals surface area contributed by atoms with Crippen LogP contribution in [-0.2, 0) is 17.1 Å². The highest BCUT2D eigenvalue weighted by Crippen LogP contribution is 2.26. The Morgan fingerprint density at radius 2 is 2.11 bits per heavy atom. The van der Waals surface area contributed by atoms with Crippen LogP contribution in [-0.4, -0.2) is 18.2 Å². The van der Waals surface area contributed by atoms with E-state index in [1.165, 1.54) is 17.9 Å². The molecule has 0 aliphatic heterocycles. The van der Waals surface area contributed by atoms with Crippen molar-refractivity contribution in [1.82, 2.24) is 9.78 Å². The lowest BCUT2D eigenvalue weighted by Crippen LogP contribution is -2.17. The van der Waals surface area contributed by atoms with Crippen molar-refractivity contribution in [3.63, 3.8) is 0 Å². The predicted octanol–water partition coefficient (Wildman–Crippen LogP) is 2.95. The molecule has 0 aliphatic carbocycles. The number of benzene rings is 1. The lowest BCUT2D eigenvalue weighted by atomic mass is 10.2. The monoisotopic (exact) mass is 363 g/mol. The van der Waals surface area contributed by atoms with Gasteiger partial charge in [-0.3, -0.25) is 9.40 Å². The molecule has 2 aromatic rings. The van der Waals surface area contributed by atoms with Gasteiger partial charge in [-0.05, 0) is 24.6 Å². The number of sulfonamides is 1. The van der Waals surface area contributed by atoms with Crippen molar-refractivity contribution in [2.24, 2.45) is 7.05 Å². The number of aromatic nitrogens is 2. The molecule has 1 aromatic carbocycles. The van der Waals surface area contributed by atoms with Crippen LogP contribution < -0.4 is 4.72 Å². The fourth-order valence-electron chi connectivity index (χ4n) is 1.60. The average molecular weight is 365 g/mol. The van der Waals surface area contributed by atoms with Crippen molar-refractivity contribution in [3.05, 3.63) is 39.5 Å². The normalized spacial score (nSPS) is 11.6. The van der Waals surface area contributed by atoms with Gasteiger partial charge in [0.2, 0.25) is 0 Å². The lowest BCUT2D eigenvalue weighted by molar-refractivity contribution is 0.582. The Hall–Kier alpha value is -1.05. The summed E-state index contributed by atoms with van der Waals surface area (Å²) in [5.74, 6) is 0. The second kappa shape index (κ2) is 5.15. The number of aryl methyl sites for hydroxylation is 2. The SMILES string of the molecule is Cc1ccc(Br)cc1NS(=O)(=O)c1c(Cl)cnn1C. The molecule has 0 saturated heterocycles. The molecule has 2 rings (SSSR count). The highest BCUT2D eigenvalue weighted by molar-refractivity contribution is 9.10. The second-order valence-corrected chi connectivity index (χ2v) is 6.91. The molecule has 5 nitrogen and oxygen atoms in total. The first kappa shape index (κ1) is 14.4. The van der Waals surface area contributed by atoms with Crippen LogP contribution in [0.4, 0.5) is 5.69 Å². The molecule has 19 heavy (non-hydrogen) atoms. The molecule has 0 atom stereocenters. The molecule has 0 radical (unpaired) electrons. The fraction of sp³-hybridized carbons (Fsp3) is 0.182. The first-order valence-electron chi connectivity index (χ1n) is 5.28. The van der Waals surface area contributed by atoms with Crippen LogP contribution in [0.25, 0.3) is 0 Å². The zero-order valence-electron chi connectivity index (χ0n) is 10.2. The van der Waals surface area contributed by atoms with Crippen molar-refractivity contribution in [3.8, 4) is 0 Å². The third-order valence-corrected chi connectivity index (χ3v) is 4.90. The summed E-state index contributed by atoms with van der Waals surface area (Å²) in [5.41, 5.74) is 1.30. The van der Waals surface area contributed by atoms with Crippen LogP contribution in [0.15, 0.2) is 33.9 Å². The molecule has 102 valence electrons. The van der Waals surface area contributed by atoms with E-state index in [1.807, 2.05) is 19.1 Å². The van der Waals surface area contributed by atoms with Crippen LogP contribution in [0, 0.1) is 6.92 Å². The fourth-order valence-corrected chi connectivity index (χ4v) is 3.74. The van der Waals surface area contributed by atoms with Crippen LogP contribution in [0.2, 0.25) is 5.02 Å². The average Bonchev–Trinajstić information content (AvgIpc) is 2.64. The summed E-state index contributed by atoms with van der Waals surface area (Å²) in [4.78, 5) is 0. The van der Waals surface area contributed by atoms with Crippen molar-refractivity contribution in [1.29, 1.82) is 0 Å². The van der Waals surface area contributed by atoms with Crippen molar-refractivity contribution in [2.75, 3.05) is 4.72 Å². The van der Waals surface area contributed by atoms with Crippen LogP contribution >= 0.6 is 27.5 Å². The minimum absolute atomic E-state index is 0.0615. The molecule has 8 heteroatoms. The highest BCUT2D eigenvalue weighted by atomic mass is 79.9. The van der Waals surface area contributed by atoms with Crippen molar-refractivity contribution < 1.29 is 8.42 Å². The zero-order valence-corrected chi connectivity index (χ0v) is 13.3. The molecule has 0 fully saturated rings. The second-order valence-electron chi connectivity index (χ2n) is 3.99. The number of hydrogen-bond acceptors (Lipinski definition) is 3. The molecule has 0 aliphatic rings. The van der Waals surface area contributed by atoms with Gasteiger partial charge in [-0.25, -0.2) is 0 Å². The Balaban J connectivity index is 2.45. The number of hydrogen-bond donors (Lipinski definition) is 1. The number of anilines is 1. The van der Waals surface area contributed by atoms with E-state index in [9.17, 15) is 8.42 Å². The molecular formula is C11H11BrClN3O2S. The van der Waals surface area contributed by atoms with Crippen LogP contribution in [0.3, 0.4) is 0 Å². The molecule has 0 saturated carbocycles. The van der Waals surface area contributed by atoms with Gasteiger partial charge in [-0.15, -0.1) is 0 Å². The minimum atomic E-state index is -3.77. The van der Waals surface area contributed by atoms with E-state index < -0.39 is 10.0 Å². The summed E-state index contributed by atoms with van der Waals surface area (Å²) < 4.78 is 29.1. The van der Waals surface area contributed by atoms with Gasteiger partial charge in [-0.2, -0.15) is 13.5 Å². The van der Waals surface area contributed by atoms with Crippen LogP contribution in [0.5, 0.6) is 0 Å². The van der Waals surface area contributed by atoms with E-state index in [0.717, 1.165) is 10.0 Å². The Morgan fingerprint density at radius 1 is 1.42 bits per heavy atom. The maximum atomic E-state index is 12.3. The zero-order chi connectivity index (χ0) is 14.2. The molecule has 0 bridgehead atoms. The van der Waals surface area contributed by atoms with Crippen LogP contribution in [0.1, 0.15) is 5.56 Å². The van der Waals surface area contributed by atoms with E-state index >= 15 is 0 Å². The van der Waals surface area contributed by atoms with E-state index in [-0.39, 0.29) is 10.0 Å². The number of nitrogens with one attached hydrogen (secondary N) is 1. The van der Waals surface area contributed by atoms with Gasteiger partial charge in [0, 0.05) is 11.5 Å². The van der Waals surface area contributed by atoms with Gasteiger partial charge >= 0.3 is 0 Å². The topological polar surface area (TPSA) is 64.0 Å². The van der Waals surface area contributed by atoms with Gasteiger partial charge in [0.05, 0.1) is 16.9 Å². The maximum Gasteiger partial charge on any atom is 0.280 e. The lowest BCUT2D eigenvalue weighted by Gasteiger charge is -2.11. The maximum absolute atomic E-state index is 12.3. The Kier molecular flexibility index (Phi) is 3.89. The van der Waals surface area contributed by atoms with Gasteiger partial charge in [0.15, 0.2) is 5.03 Å². The summed E-state index contributed by atoms with van der Waals surface area (Å²) in [6.45, 7) is 1.81. The predicted molar refractivity (Wildman–Crippen MR) is 77.9 cm³/mol. The molecular weight excluding hydrogens is 354 g/mol. The smallest absolute Gasteiger partial charge is 0.278 e. The van der Waals surface area contributed by atoms with Crippen molar-refractivity contribution in [2.45, 2.75) is 11.9 Å². The molecule has 1 N–H and O–H groups in total. The van der Waals surface area contributed by atoms with E-state index in [0.29, 0.717) is 5.69 Å². The number of halogens is 2.